The molecular formula is C12H15FN2S. The number of hydrogen-bond donors (Lipinski definition) is 0. The van der Waals surface area contributed by atoms with E-state index in [2.05, 4.69) is 6.92 Å². The van der Waals surface area contributed by atoms with E-state index in [-0.39, 0.29) is 11.6 Å². The third kappa shape index (κ3) is 2.67. The van der Waals surface area contributed by atoms with Crippen LogP contribution in [0.15, 0.2) is 18.2 Å². The molecule has 0 radical (unpaired) electrons. The number of nitrogens with zero attached hydrogens (tertiary/aromatic N) is 2. The van der Waals surface area contributed by atoms with Crippen LogP contribution in [0.4, 0.5) is 10.1 Å². The number of rotatable bonds is 4. The summed E-state index contributed by atoms with van der Waals surface area (Å²) in [6.45, 7) is 2.06. The SMILES string of the molecule is CSCC(C)N(C)c1cccc(F)c1C#N. The van der Waals surface area contributed by atoms with Gasteiger partial charge in [0.2, 0.25) is 0 Å². The highest BCUT2D eigenvalue weighted by molar-refractivity contribution is 7.98. The van der Waals surface area contributed by atoms with Crippen LogP contribution in [-0.4, -0.2) is 25.1 Å². The smallest absolute Gasteiger partial charge is 0.143 e. The maximum atomic E-state index is 13.4. The third-order valence-corrected chi connectivity index (χ3v) is 3.37. The van der Waals surface area contributed by atoms with Gasteiger partial charge < -0.3 is 4.90 Å². The molecule has 0 fully saturated rings. The van der Waals surface area contributed by atoms with Crippen LogP contribution >= 0.6 is 11.8 Å². The van der Waals surface area contributed by atoms with Crippen molar-refractivity contribution in [1.29, 1.82) is 5.26 Å². The minimum Gasteiger partial charge on any atom is -0.370 e. The van der Waals surface area contributed by atoms with Gasteiger partial charge in [0.15, 0.2) is 0 Å². The van der Waals surface area contributed by atoms with Gasteiger partial charge in [0.1, 0.15) is 17.4 Å². The Morgan fingerprint density at radius 3 is 2.81 bits per heavy atom. The molecule has 0 bridgehead atoms. The molecule has 4 heteroatoms. The number of hydrogen-bond acceptors (Lipinski definition) is 3. The Bertz CT molecular complexity index is 400. The van der Waals surface area contributed by atoms with E-state index in [4.69, 9.17) is 5.26 Å². The number of benzene rings is 1. The largest absolute Gasteiger partial charge is 0.370 e. The fourth-order valence-electron chi connectivity index (χ4n) is 1.51. The molecule has 2 nitrogen and oxygen atoms in total. The van der Waals surface area contributed by atoms with Crippen LogP contribution < -0.4 is 4.90 Å². The summed E-state index contributed by atoms with van der Waals surface area (Å²) in [7, 11) is 1.89. The van der Waals surface area contributed by atoms with E-state index in [0.29, 0.717) is 5.69 Å². The fraction of sp³-hybridized carbons (Fsp3) is 0.417. The molecule has 0 amide bonds. The molecule has 0 aliphatic carbocycles. The van der Waals surface area contributed by atoms with Gasteiger partial charge in [-0.1, -0.05) is 6.07 Å². The fourth-order valence-corrected chi connectivity index (χ4v) is 2.21. The van der Waals surface area contributed by atoms with Gasteiger partial charge in [-0.2, -0.15) is 17.0 Å². The van der Waals surface area contributed by atoms with Crippen LogP contribution in [0.5, 0.6) is 0 Å². The normalized spacial score (nSPS) is 11.9. The van der Waals surface area contributed by atoms with Crippen molar-refractivity contribution in [3.63, 3.8) is 0 Å². The zero-order valence-corrected chi connectivity index (χ0v) is 10.5. The molecule has 0 saturated carbocycles. The van der Waals surface area contributed by atoms with Crippen LogP contribution in [0.1, 0.15) is 12.5 Å². The lowest BCUT2D eigenvalue weighted by Gasteiger charge is -2.27. The Morgan fingerprint density at radius 1 is 1.56 bits per heavy atom. The van der Waals surface area contributed by atoms with Crippen molar-refractivity contribution >= 4 is 17.4 Å². The molecule has 1 aromatic carbocycles. The van der Waals surface area contributed by atoms with E-state index in [0.717, 1.165) is 5.75 Å². The van der Waals surface area contributed by atoms with Gasteiger partial charge in [-0.05, 0) is 25.3 Å². The molecule has 1 aromatic rings. The van der Waals surface area contributed by atoms with Crippen LogP contribution in [0, 0.1) is 17.1 Å². The Hall–Kier alpha value is -1.21. The van der Waals surface area contributed by atoms with Gasteiger partial charge in [-0.25, -0.2) is 4.39 Å². The second kappa shape index (κ2) is 5.76. The van der Waals surface area contributed by atoms with Crippen molar-refractivity contribution in [3.8, 4) is 6.07 Å². The second-order valence-corrected chi connectivity index (χ2v) is 4.57. The van der Waals surface area contributed by atoms with Crippen LogP contribution in [0.2, 0.25) is 0 Å². The molecule has 1 unspecified atom stereocenters. The monoisotopic (exact) mass is 238 g/mol. The van der Waals surface area contributed by atoms with Crippen LogP contribution in [-0.2, 0) is 0 Å². The summed E-state index contributed by atoms with van der Waals surface area (Å²) in [5.74, 6) is 0.487. The van der Waals surface area contributed by atoms with Gasteiger partial charge in [0, 0.05) is 18.8 Å². The molecule has 16 heavy (non-hydrogen) atoms. The van der Waals surface area contributed by atoms with Crippen molar-refractivity contribution in [2.75, 3.05) is 24.0 Å². The quantitative estimate of drug-likeness (QED) is 0.807. The Labute approximate surface area is 100 Å². The maximum Gasteiger partial charge on any atom is 0.143 e. The molecule has 0 saturated heterocycles. The summed E-state index contributed by atoms with van der Waals surface area (Å²) < 4.78 is 13.4. The highest BCUT2D eigenvalue weighted by atomic mass is 32.2. The summed E-state index contributed by atoms with van der Waals surface area (Å²) in [5, 5.41) is 8.94. The van der Waals surface area contributed by atoms with E-state index in [1.807, 2.05) is 24.3 Å². The lowest BCUT2D eigenvalue weighted by Crippen LogP contribution is -2.31. The highest BCUT2D eigenvalue weighted by Gasteiger charge is 2.15. The Morgan fingerprint density at radius 2 is 2.25 bits per heavy atom. The summed E-state index contributed by atoms with van der Waals surface area (Å²) >= 11 is 1.73. The maximum absolute atomic E-state index is 13.4. The minimum atomic E-state index is -0.455. The van der Waals surface area contributed by atoms with Gasteiger partial charge >= 0.3 is 0 Å². The summed E-state index contributed by atoms with van der Waals surface area (Å²) in [4.78, 5) is 1.94. The highest BCUT2D eigenvalue weighted by Crippen LogP contribution is 2.23. The first kappa shape index (κ1) is 12.9. The molecule has 1 rings (SSSR count). The van der Waals surface area contributed by atoms with E-state index in [9.17, 15) is 4.39 Å². The van der Waals surface area contributed by atoms with Crippen molar-refractivity contribution in [3.05, 3.63) is 29.6 Å². The first-order valence-corrected chi connectivity index (χ1v) is 6.41. The number of nitriles is 1. The zero-order valence-electron chi connectivity index (χ0n) is 9.70. The van der Waals surface area contributed by atoms with Crippen molar-refractivity contribution in [1.82, 2.24) is 0 Å². The predicted molar refractivity (Wildman–Crippen MR) is 67.4 cm³/mol. The van der Waals surface area contributed by atoms with E-state index < -0.39 is 5.82 Å². The average Bonchev–Trinajstić information content (AvgIpc) is 2.28. The molecule has 0 spiro atoms. The molecule has 0 aliphatic rings. The van der Waals surface area contributed by atoms with E-state index in [1.54, 1.807) is 23.9 Å². The predicted octanol–water partition coefficient (Wildman–Crippen LogP) is 2.89. The first-order chi connectivity index (χ1) is 7.61. The van der Waals surface area contributed by atoms with Gasteiger partial charge in [0.05, 0.1) is 5.69 Å². The second-order valence-electron chi connectivity index (χ2n) is 3.66. The lowest BCUT2D eigenvalue weighted by molar-refractivity contribution is 0.622. The van der Waals surface area contributed by atoms with Crippen molar-refractivity contribution < 1.29 is 4.39 Å². The van der Waals surface area contributed by atoms with Gasteiger partial charge in [0.25, 0.3) is 0 Å². The summed E-state index contributed by atoms with van der Waals surface area (Å²) in [6.07, 6.45) is 2.03. The summed E-state index contributed by atoms with van der Waals surface area (Å²) in [5.41, 5.74) is 0.780. The van der Waals surface area contributed by atoms with Crippen LogP contribution in [0.3, 0.4) is 0 Å². The van der Waals surface area contributed by atoms with Crippen molar-refractivity contribution in [2.45, 2.75) is 13.0 Å². The average molecular weight is 238 g/mol. The zero-order chi connectivity index (χ0) is 12.1. The Balaban J connectivity index is 3.04. The van der Waals surface area contributed by atoms with E-state index in [1.165, 1.54) is 6.07 Å². The lowest BCUT2D eigenvalue weighted by atomic mass is 10.1. The molecule has 1 atom stereocenters. The third-order valence-electron chi connectivity index (χ3n) is 2.55. The minimum absolute atomic E-state index is 0.123. The van der Waals surface area contributed by atoms with Crippen LogP contribution in [0.25, 0.3) is 0 Å². The number of thioether (sulfide) groups is 1. The van der Waals surface area contributed by atoms with E-state index >= 15 is 0 Å². The standard InChI is InChI=1S/C12H15FN2S/c1-9(8-16-3)15(2)12-6-4-5-11(13)10(12)7-14/h4-6,9H,8H2,1-3H3. The molecule has 0 aromatic heterocycles. The Kier molecular flexibility index (Phi) is 4.63. The van der Waals surface area contributed by atoms with Gasteiger partial charge in [-0.15, -0.1) is 0 Å². The number of anilines is 1. The molecule has 0 N–H and O–H groups in total. The summed E-state index contributed by atoms with van der Waals surface area (Å²) in [6, 6.07) is 6.91. The first-order valence-electron chi connectivity index (χ1n) is 5.02. The molecule has 0 heterocycles. The molecular weight excluding hydrogens is 223 g/mol. The van der Waals surface area contributed by atoms with Gasteiger partial charge in [-0.3, -0.25) is 0 Å². The number of halogens is 1. The topological polar surface area (TPSA) is 27.0 Å². The molecule has 0 aliphatic heterocycles. The molecule has 86 valence electrons. The van der Waals surface area contributed by atoms with Crippen molar-refractivity contribution in [2.24, 2.45) is 0 Å².